The molecule has 0 saturated carbocycles. The van der Waals surface area contributed by atoms with E-state index in [9.17, 15) is 9.59 Å². The van der Waals surface area contributed by atoms with Crippen LogP contribution in [0.4, 0.5) is 4.79 Å². The number of hydrogen-bond acceptors (Lipinski definition) is 4. The zero-order chi connectivity index (χ0) is 12.6. The highest BCUT2D eigenvalue weighted by molar-refractivity contribution is 7.80. The Morgan fingerprint density at radius 2 is 2.06 bits per heavy atom. The van der Waals surface area contributed by atoms with Gasteiger partial charge in [-0.1, -0.05) is 25.6 Å². The van der Waals surface area contributed by atoms with Gasteiger partial charge < -0.3 is 21.5 Å². The van der Waals surface area contributed by atoms with Crippen LogP contribution in [0.3, 0.4) is 0 Å². The molecule has 0 bridgehead atoms. The first kappa shape index (κ1) is 14.6. The monoisotopic (exact) mass is 247 g/mol. The van der Waals surface area contributed by atoms with Crippen molar-refractivity contribution in [3.8, 4) is 0 Å². The van der Waals surface area contributed by atoms with E-state index in [1.54, 1.807) is 0 Å². The summed E-state index contributed by atoms with van der Waals surface area (Å²) >= 11 is 4.79. The summed E-state index contributed by atoms with van der Waals surface area (Å²) in [5, 5.41) is 2.57. The lowest BCUT2D eigenvalue weighted by Crippen LogP contribution is -2.39. The molecule has 0 radical (unpaired) electrons. The highest BCUT2D eigenvalue weighted by atomic mass is 32.1. The van der Waals surface area contributed by atoms with Crippen LogP contribution in [0, 0.1) is 5.92 Å². The summed E-state index contributed by atoms with van der Waals surface area (Å²) in [6.45, 7) is 2.18. The minimum absolute atomic E-state index is 0.0389. The van der Waals surface area contributed by atoms with Gasteiger partial charge in [0, 0.05) is 0 Å². The second kappa shape index (κ2) is 7.86. The van der Waals surface area contributed by atoms with Crippen LogP contribution in [-0.2, 0) is 9.53 Å². The number of carbonyl (C=O) groups excluding carboxylic acids is 2. The van der Waals surface area contributed by atoms with E-state index in [4.69, 9.17) is 23.7 Å². The molecule has 16 heavy (non-hydrogen) atoms. The van der Waals surface area contributed by atoms with Crippen LogP contribution >= 0.6 is 12.2 Å². The molecule has 92 valence electrons. The van der Waals surface area contributed by atoms with Crippen LogP contribution in [0.25, 0.3) is 0 Å². The molecule has 0 aliphatic rings. The zero-order valence-electron chi connectivity index (χ0n) is 9.19. The topological polar surface area (TPSA) is 107 Å². The first-order valence-corrected chi connectivity index (χ1v) is 5.39. The zero-order valence-corrected chi connectivity index (χ0v) is 10.0. The SMILES string of the molecule is CCCC(C(=O)NCCOC(N)=O)C(N)=S. The highest BCUT2D eigenvalue weighted by Crippen LogP contribution is 2.06. The minimum Gasteiger partial charge on any atom is -0.448 e. The highest BCUT2D eigenvalue weighted by Gasteiger charge is 2.19. The number of ether oxygens (including phenoxy) is 1. The van der Waals surface area contributed by atoms with Crippen molar-refractivity contribution in [2.45, 2.75) is 19.8 Å². The molecule has 0 aromatic carbocycles. The standard InChI is InChI=1S/C9H17N3O3S/c1-2-3-6(7(10)16)8(13)12-4-5-15-9(11)14/h6H,2-5H2,1H3,(H2,10,16)(H2,11,14)(H,12,13). The molecule has 0 aliphatic carbocycles. The summed E-state index contributed by atoms with van der Waals surface area (Å²) in [6, 6.07) is 0. The normalized spacial score (nSPS) is 11.6. The van der Waals surface area contributed by atoms with E-state index >= 15 is 0 Å². The Hall–Kier alpha value is -1.37. The van der Waals surface area contributed by atoms with Gasteiger partial charge in [0.15, 0.2) is 0 Å². The third-order valence-electron chi connectivity index (χ3n) is 1.88. The minimum atomic E-state index is -0.867. The van der Waals surface area contributed by atoms with E-state index in [0.29, 0.717) is 6.42 Å². The Labute approximate surface area is 99.7 Å². The predicted molar refractivity (Wildman–Crippen MR) is 63.7 cm³/mol. The Balaban J connectivity index is 3.92. The van der Waals surface area contributed by atoms with Gasteiger partial charge in [0.25, 0.3) is 0 Å². The van der Waals surface area contributed by atoms with Gasteiger partial charge in [-0.2, -0.15) is 0 Å². The summed E-state index contributed by atoms with van der Waals surface area (Å²) in [6.07, 6.45) is 0.555. The molecule has 1 unspecified atom stereocenters. The quantitative estimate of drug-likeness (QED) is 0.430. The maximum absolute atomic E-state index is 11.6. The van der Waals surface area contributed by atoms with Gasteiger partial charge in [-0.05, 0) is 6.42 Å². The fourth-order valence-electron chi connectivity index (χ4n) is 1.14. The number of rotatable bonds is 7. The summed E-state index contributed by atoms with van der Waals surface area (Å²) in [5.41, 5.74) is 10.2. The van der Waals surface area contributed by atoms with Crippen molar-refractivity contribution >= 4 is 29.2 Å². The van der Waals surface area contributed by atoms with E-state index in [0.717, 1.165) is 6.42 Å². The lowest BCUT2D eigenvalue weighted by atomic mass is 10.0. The van der Waals surface area contributed by atoms with Crippen molar-refractivity contribution in [1.29, 1.82) is 0 Å². The van der Waals surface area contributed by atoms with Crippen LogP contribution in [0.1, 0.15) is 19.8 Å². The van der Waals surface area contributed by atoms with Crippen molar-refractivity contribution in [3.05, 3.63) is 0 Å². The largest absolute Gasteiger partial charge is 0.448 e. The van der Waals surface area contributed by atoms with Crippen molar-refractivity contribution in [2.24, 2.45) is 17.4 Å². The number of carbonyl (C=O) groups is 2. The Morgan fingerprint density at radius 1 is 1.44 bits per heavy atom. The van der Waals surface area contributed by atoms with Crippen LogP contribution in [0.5, 0.6) is 0 Å². The number of primary amides is 1. The van der Waals surface area contributed by atoms with Gasteiger partial charge in [0.2, 0.25) is 5.91 Å². The Kier molecular flexibility index (Phi) is 7.19. The lowest BCUT2D eigenvalue weighted by molar-refractivity contribution is -0.123. The number of thiocarbonyl (C=S) groups is 1. The first-order chi connectivity index (χ1) is 7.49. The van der Waals surface area contributed by atoms with Gasteiger partial charge in [0.1, 0.15) is 6.61 Å². The van der Waals surface area contributed by atoms with Crippen LogP contribution < -0.4 is 16.8 Å². The summed E-state index contributed by atoms with van der Waals surface area (Å²) in [5.74, 6) is -0.712. The predicted octanol–water partition coefficient (Wildman–Crippen LogP) is -0.0997. The van der Waals surface area contributed by atoms with Crippen LogP contribution in [0.2, 0.25) is 0 Å². The molecule has 0 aliphatic heterocycles. The van der Waals surface area contributed by atoms with Gasteiger partial charge in [-0.3, -0.25) is 4.79 Å². The molecule has 1 atom stereocenters. The Morgan fingerprint density at radius 3 is 2.50 bits per heavy atom. The lowest BCUT2D eigenvalue weighted by Gasteiger charge is -2.14. The van der Waals surface area contributed by atoms with E-state index in [-0.39, 0.29) is 24.0 Å². The maximum atomic E-state index is 11.6. The molecule has 0 heterocycles. The van der Waals surface area contributed by atoms with Gasteiger partial charge in [-0.25, -0.2) is 4.79 Å². The van der Waals surface area contributed by atoms with Gasteiger partial charge in [-0.15, -0.1) is 0 Å². The molecule has 0 aromatic rings. The molecule has 0 rings (SSSR count). The molecular formula is C9H17N3O3S. The third-order valence-corrected chi connectivity index (χ3v) is 2.17. The number of amides is 2. The average Bonchev–Trinajstić information content (AvgIpc) is 2.19. The van der Waals surface area contributed by atoms with Crippen molar-refractivity contribution in [1.82, 2.24) is 5.32 Å². The molecular weight excluding hydrogens is 230 g/mol. The van der Waals surface area contributed by atoms with Crippen molar-refractivity contribution < 1.29 is 14.3 Å². The Bertz CT molecular complexity index is 271. The smallest absolute Gasteiger partial charge is 0.404 e. The number of hydrogen-bond donors (Lipinski definition) is 3. The van der Waals surface area contributed by atoms with E-state index in [1.807, 2.05) is 6.92 Å². The summed E-state index contributed by atoms with van der Waals surface area (Å²) < 4.78 is 4.45. The van der Waals surface area contributed by atoms with E-state index < -0.39 is 12.0 Å². The van der Waals surface area contributed by atoms with Crippen molar-refractivity contribution in [3.63, 3.8) is 0 Å². The molecule has 5 N–H and O–H groups in total. The second-order valence-corrected chi connectivity index (χ2v) is 3.67. The average molecular weight is 247 g/mol. The summed E-state index contributed by atoms with van der Waals surface area (Å²) in [7, 11) is 0. The third kappa shape index (κ3) is 6.18. The molecule has 0 spiro atoms. The molecule has 6 nitrogen and oxygen atoms in total. The van der Waals surface area contributed by atoms with Gasteiger partial charge >= 0.3 is 6.09 Å². The van der Waals surface area contributed by atoms with E-state index in [2.05, 4.69) is 10.1 Å². The molecule has 0 aromatic heterocycles. The van der Waals surface area contributed by atoms with Gasteiger partial charge in [0.05, 0.1) is 17.5 Å². The summed E-state index contributed by atoms with van der Waals surface area (Å²) in [4.78, 5) is 22.0. The van der Waals surface area contributed by atoms with E-state index in [1.165, 1.54) is 0 Å². The molecule has 0 saturated heterocycles. The molecule has 2 amide bonds. The fourth-order valence-corrected chi connectivity index (χ4v) is 1.37. The number of nitrogens with one attached hydrogen (secondary N) is 1. The maximum Gasteiger partial charge on any atom is 0.404 e. The van der Waals surface area contributed by atoms with Crippen LogP contribution in [0.15, 0.2) is 0 Å². The first-order valence-electron chi connectivity index (χ1n) is 4.98. The number of nitrogens with two attached hydrogens (primary N) is 2. The van der Waals surface area contributed by atoms with Crippen LogP contribution in [-0.4, -0.2) is 30.1 Å². The molecule has 0 fully saturated rings. The van der Waals surface area contributed by atoms with Crippen molar-refractivity contribution in [2.75, 3.05) is 13.2 Å². The second-order valence-electron chi connectivity index (χ2n) is 3.20. The fraction of sp³-hybridized carbons (Fsp3) is 0.667. The molecule has 7 heteroatoms.